The van der Waals surface area contributed by atoms with Crippen LogP contribution < -0.4 is 0 Å². The molecule has 4 nitrogen and oxygen atoms in total. The van der Waals surface area contributed by atoms with Crippen LogP contribution in [0.3, 0.4) is 0 Å². The Morgan fingerprint density at radius 2 is 2.19 bits per heavy atom. The molecule has 1 atom stereocenters. The number of carbonyl (C=O) groups excluding carboxylic acids is 1. The zero-order valence-corrected chi connectivity index (χ0v) is 12.5. The van der Waals surface area contributed by atoms with Gasteiger partial charge in [-0.25, -0.2) is 0 Å². The van der Waals surface area contributed by atoms with E-state index in [9.17, 15) is 9.90 Å². The lowest BCUT2D eigenvalue weighted by molar-refractivity contribution is -0.151. The van der Waals surface area contributed by atoms with Gasteiger partial charge in [-0.1, -0.05) is 24.6 Å². The minimum atomic E-state index is -0.0993. The molecule has 1 fully saturated rings. The summed E-state index contributed by atoms with van der Waals surface area (Å²) in [6.45, 7) is 4.71. The lowest BCUT2D eigenvalue weighted by Gasteiger charge is -2.39. The van der Waals surface area contributed by atoms with Crippen LogP contribution >= 0.6 is 0 Å². The first-order chi connectivity index (χ1) is 10.1. The van der Waals surface area contributed by atoms with Crippen molar-refractivity contribution in [3.8, 4) is 5.75 Å². The number of phenolic OH excluding ortho intramolecular Hbond substituents is 1. The third kappa shape index (κ3) is 2.81. The van der Waals surface area contributed by atoms with Crippen LogP contribution in [-0.2, 0) is 16.0 Å². The second kappa shape index (κ2) is 5.53. The Hall–Kier alpha value is -1.81. The molecule has 1 aliphatic carbocycles. The summed E-state index contributed by atoms with van der Waals surface area (Å²) in [6, 6.07) is 5.57. The average Bonchev–Trinajstić information content (AvgIpc) is 2.42. The normalized spacial score (nSPS) is 22.2. The summed E-state index contributed by atoms with van der Waals surface area (Å²) in [5, 5.41) is 9.56. The highest BCUT2D eigenvalue weighted by Crippen LogP contribution is 2.32. The predicted molar refractivity (Wildman–Crippen MR) is 80.9 cm³/mol. The fourth-order valence-corrected chi connectivity index (χ4v) is 3.19. The summed E-state index contributed by atoms with van der Waals surface area (Å²) in [5.41, 5.74) is 3.81. The number of carbonyl (C=O) groups is 1. The topological polar surface area (TPSA) is 49.8 Å². The fourth-order valence-electron chi connectivity index (χ4n) is 3.19. The van der Waals surface area contributed by atoms with Crippen molar-refractivity contribution < 1.29 is 14.6 Å². The largest absolute Gasteiger partial charge is 0.508 e. The van der Waals surface area contributed by atoms with Crippen LogP contribution in [-0.4, -0.2) is 42.7 Å². The molecule has 1 aromatic carbocycles. The smallest absolute Gasteiger partial charge is 0.311 e. The molecule has 0 unspecified atom stereocenters. The fraction of sp³-hybridized carbons (Fsp3) is 0.471. The van der Waals surface area contributed by atoms with Gasteiger partial charge in [-0.3, -0.25) is 9.69 Å². The van der Waals surface area contributed by atoms with Crippen LogP contribution in [0.1, 0.15) is 18.1 Å². The highest BCUT2D eigenvalue weighted by atomic mass is 16.5. The Labute approximate surface area is 125 Å². The van der Waals surface area contributed by atoms with E-state index < -0.39 is 0 Å². The molecule has 112 valence electrons. The molecule has 1 N–H and O–H groups in total. The Morgan fingerprint density at radius 1 is 1.43 bits per heavy atom. The molecule has 4 heteroatoms. The van der Waals surface area contributed by atoms with Gasteiger partial charge in [0.1, 0.15) is 5.75 Å². The molecule has 0 radical (unpaired) electrons. The molecule has 1 heterocycles. The first kappa shape index (κ1) is 14.1. The molecule has 0 amide bonds. The lowest BCUT2D eigenvalue weighted by Crippen LogP contribution is -2.51. The second-order valence-corrected chi connectivity index (χ2v) is 6.12. The lowest BCUT2D eigenvalue weighted by atomic mass is 9.83. The Kier molecular flexibility index (Phi) is 3.72. The van der Waals surface area contributed by atoms with E-state index in [1.807, 2.05) is 12.1 Å². The van der Waals surface area contributed by atoms with Crippen LogP contribution in [0.5, 0.6) is 5.75 Å². The Bertz CT molecular complexity index is 588. The standard InChI is InChI=1S/C17H21NO3/c1-11-5-13-7-16(19)4-3-12(13)6-14(11)8-18-9-15(10-18)17(20)21-2/h3-4,6-7,11,15,19H,5,8-10H2,1-2H3/t11-/m1/s1. The minimum absolute atomic E-state index is 0.0405. The number of ether oxygens (including phenoxy) is 1. The number of esters is 1. The van der Waals surface area contributed by atoms with Crippen molar-refractivity contribution in [2.45, 2.75) is 13.3 Å². The van der Waals surface area contributed by atoms with Crippen molar-refractivity contribution in [1.29, 1.82) is 0 Å². The van der Waals surface area contributed by atoms with Gasteiger partial charge in [0.05, 0.1) is 13.0 Å². The van der Waals surface area contributed by atoms with Gasteiger partial charge in [0.25, 0.3) is 0 Å². The number of hydrogen-bond acceptors (Lipinski definition) is 4. The van der Waals surface area contributed by atoms with Crippen LogP contribution in [0.2, 0.25) is 0 Å². The molecular formula is C17H21NO3. The van der Waals surface area contributed by atoms with Crippen LogP contribution in [0.15, 0.2) is 23.8 Å². The van der Waals surface area contributed by atoms with Crippen LogP contribution in [0, 0.1) is 11.8 Å². The van der Waals surface area contributed by atoms with Gasteiger partial charge in [-0.15, -0.1) is 0 Å². The SMILES string of the molecule is COC(=O)C1CN(CC2=Cc3ccc(O)cc3C[C@H]2C)C1. The van der Waals surface area contributed by atoms with E-state index in [0.29, 0.717) is 11.7 Å². The molecule has 1 aliphatic heterocycles. The molecule has 0 aromatic heterocycles. The number of methoxy groups -OCH3 is 1. The van der Waals surface area contributed by atoms with E-state index in [4.69, 9.17) is 4.74 Å². The number of rotatable bonds is 3. The van der Waals surface area contributed by atoms with Crippen molar-refractivity contribution in [3.05, 3.63) is 34.9 Å². The molecular weight excluding hydrogens is 266 g/mol. The summed E-state index contributed by atoms with van der Waals surface area (Å²) in [5.74, 6) is 0.745. The van der Waals surface area contributed by atoms with E-state index in [1.165, 1.54) is 23.8 Å². The first-order valence-corrected chi connectivity index (χ1v) is 7.39. The summed E-state index contributed by atoms with van der Waals surface area (Å²) in [7, 11) is 1.45. The molecule has 0 bridgehead atoms. The van der Waals surface area contributed by atoms with Crippen LogP contribution in [0.4, 0.5) is 0 Å². The average molecular weight is 287 g/mol. The molecule has 0 saturated carbocycles. The first-order valence-electron chi connectivity index (χ1n) is 7.39. The summed E-state index contributed by atoms with van der Waals surface area (Å²) >= 11 is 0. The molecule has 3 rings (SSSR count). The predicted octanol–water partition coefficient (Wildman–Crippen LogP) is 2.07. The van der Waals surface area contributed by atoms with Gasteiger partial charge in [0.2, 0.25) is 0 Å². The highest BCUT2D eigenvalue weighted by Gasteiger charge is 2.34. The van der Waals surface area contributed by atoms with E-state index in [-0.39, 0.29) is 11.9 Å². The number of aromatic hydroxyl groups is 1. The van der Waals surface area contributed by atoms with Crippen molar-refractivity contribution in [1.82, 2.24) is 4.90 Å². The Balaban J connectivity index is 1.66. The van der Waals surface area contributed by atoms with E-state index in [0.717, 1.165) is 26.1 Å². The summed E-state index contributed by atoms with van der Waals surface area (Å²) in [4.78, 5) is 13.7. The van der Waals surface area contributed by atoms with Gasteiger partial charge in [-0.2, -0.15) is 0 Å². The monoisotopic (exact) mass is 287 g/mol. The minimum Gasteiger partial charge on any atom is -0.508 e. The number of benzene rings is 1. The van der Waals surface area contributed by atoms with Crippen molar-refractivity contribution >= 4 is 12.0 Å². The van der Waals surface area contributed by atoms with Gasteiger partial charge in [0, 0.05) is 19.6 Å². The number of likely N-dealkylation sites (tertiary alicyclic amines) is 1. The van der Waals surface area contributed by atoms with E-state index >= 15 is 0 Å². The Morgan fingerprint density at radius 3 is 2.90 bits per heavy atom. The molecule has 1 aromatic rings. The van der Waals surface area contributed by atoms with Crippen molar-refractivity contribution in [3.63, 3.8) is 0 Å². The second-order valence-electron chi connectivity index (χ2n) is 6.12. The number of nitrogens with zero attached hydrogens (tertiary/aromatic N) is 1. The number of phenols is 1. The quantitative estimate of drug-likeness (QED) is 0.865. The number of fused-ring (bicyclic) bond motifs is 1. The van der Waals surface area contributed by atoms with Gasteiger partial charge < -0.3 is 9.84 Å². The maximum atomic E-state index is 11.4. The molecule has 1 saturated heterocycles. The third-order valence-electron chi connectivity index (χ3n) is 4.52. The van der Waals surface area contributed by atoms with Crippen molar-refractivity contribution in [2.75, 3.05) is 26.7 Å². The third-order valence-corrected chi connectivity index (χ3v) is 4.52. The maximum Gasteiger partial charge on any atom is 0.311 e. The zero-order valence-electron chi connectivity index (χ0n) is 12.5. The number of hydrogen-bond donors (Lipinski definition) is 1. The van der Waals surface area contributed by atoms with Gasteiger partial charge >= 0.3 is 5.97 Å². The summed E-state index contributed by atoms with van der Waals surface area (Å²) in [6.07, 6.45) is 3.19. The molecule has 2 aliphatic rings. The van der Waals surface area contributed by atoms with Gasteiger partial charge in [0.15, 0.2) is 0 Å². The van der Waals surface area contributed by atoms with Crippen LogP contribution in [0.25, 0.3) is 6.08 Å². The summed E-state index contributed by atoms with van der Waals surface area (Å²) < 4.78 is 4.77. The van der Waals surface area contributed by atoms with Gasteiger partial charge in [-0.05, 0) is 35.6 Å². The highest BCUT2D eigenvalue weighted by molar-refractivity contribution is 5.74. The zero-order chi connectivity index (χ0) is 15.0. The molecule has 21 heavy (non-hydrogen) atoms. The van der Waals surface area contributed by atoms with E-state index in [1.54, 1.807) is 6.07 Å². The maximum absolute atomic E-state index is 11.4. The van der Waals surface area contributed by atoms with Crippen molar-refractivity contribution in [2.24, 2.45) is 11.8 Å². The molecule has 0 spiro atoms. The van der Waals surface area contributed by atoms with E-state index in [2.05, 4.69) is 17.9 Å².